The van der Waals surface area contributed by atoms with Gasteiger partial charge in [0.25, 0.3) is 0 Å². The third kappa shape index (κ3) is 52.6. The molecule has 0 amide bonds. The van der Waals surface area contributed by atoms with Gasteiger partial charge < -0.3 is 21.4 Å². The average Bonchev–Trinajstić information content (AvgIpc) is 1.66. The summed E-state index contributed by atoms with van der Waals surface area (Å²) in [6, 6.07) is 52.7. The highest BCUT2D eigenvalue weighted by Crippen LogP contribution is 2.40. The molecule has 4 aliphatic rings. The molecular weight excluding hydrogens is 1830 g/mol. The van der Waals surface area contributed by atoms with Crippen molar-refractivity contribution < 1.29 is 0 Å². The van der Waals surface area contributed by atoms with Crippen LogP contribution in [0.1, 0.15) is 393 Å². The molecule has 0 atom stereocenters. The number of fused-ring (bicyclic) bond motifs is 2. The lowest BCUT2D eigenvalue weighted by atomic mass is 9.84. The van der Waals surface area contributed by atoms with E-state index in [1.165, 1.54) is 83.9 Å². The number of para-hydroxylation sites is 1. The number of nitrogens with zero attached hydrogens (tertiary/aromatic N) is 12. The van der Waals surface area contributed by atoms with E-state index in [-0.39, 0.29) is 65.1 Å². The van der Waals surface area contributed by atoms with E-state index in [0.717, 1.165) is 66.5 Å². The predicted octanol–water partition coefficient (Wildman–Crippen LogP) is 33.3. The van der Waals surface area contributed by atoms with Crippen LogP contribution in [-0.2, 0) is 72.4 Å². The number of hydrogen-bond donors (Lipinski definition) is 4. The Morgan fingerprint density at radius 1 is 0.329 bits per heavy atom. The first-order valence-electron chi connectivity index (χ1n) is 52.9. The predicted molar refractivity (Wildman–Crippen MR) is 645 cm³/mol. The number of allylic oxidation sites excluding steroid dienone is 5. The number of pyridine rings is 8. The van der Waals surface area contributed by atoms with Crippen molar-refractivity contribution in [2.24, 2.45) is 26.2 Å². The van der Waals surface area contributed by atoms with Crippen molar-refractivity contribution in [2.75, 3.05) is 24.6 Å². The number of H-pyrrole nitrogens is 2. The number of aliphatic imine (C=N–C) groups is 2. The number of benzene rings is 2. The van der Waals surface area contributed by atoms with E-state index in [1.54, 1.807) is 43.4 Å². The van der Waals surface area contributed by atoms with Crippen LogP contribution in [0.3, 0.4) is 0 Å². The summed E-state index contributed by atoms with van der Waals surface area (Å²) in [7, 11) is 0. The number of aromatic nitrogens is 12. The molecular formula is C132H194N16O. The van der Waals surface area contributed by atoms with E-state index in [1.807, 2.05) is 136 Å². The molecule has 0 unspecified atom stereocenters. The van der Waals surface area contributed by atoms with Crippen molar-refractivity contribution in [3.05, 3.63) is 380 Å². The number of rotatable bonds is 1. The van der Waals surface area contributed by atoms with Gasteiger partial charge in [-0.05, 0) is 225 Å². The average molecular weight is 2020 g/mol. The summed E-state index contributed by atoms with van der Waals surface area (Å²) >= 11 is 0. The lowest BCUT2D eigenvalue weighted by Gasteiger charge is -2.21. The summed E-state index contributed by atoms with van der Waals surface area (Å²) < 4.78 is 0. The second-order valence-corrected chi connectivity index (χ2v) is 52.8. The van der Waals surface area contributed by atoms with Gasteiger partial charge in [-0.15, -0.1) is 0 Å². The van der Waals surface area contributed by atoms with E-state index in [2.05, 4.69) is 476 Å². The van der Waals surface area contributed by atoms with Gasteiger partial charge in [0.1, 0.15) is 11.6 Å². The maximum Gasteiger partial charge on any atom is 0.248 e. The van der Waals surface area contributed by atoms with Crippen molar-refractivity contribution >= 4 is 35.6 Å². The van der Waals surface area contributed by atoms with Crippen molar-refractivity contribution in [1.29, 1.82) is 0 Å². The van der Waals surface area contributed by atoms with Gasteiger partial charge >= 0.3 is 0 Å². The van der Waals surface area contributed by atoms with Crippen molar-refractivity contribution in [3.8, 4) is 0 Å². The smallest absolute Gasteiger partial charge is 0.248 e. The molecule has 2 aromatic carbocycles. The molecule has 10 aromatic heterocycles. The lowest BCUT2D eigenvalue weighted by Crippen LogP contribution is -2.15. The third-order valence-corrected chi connectivity index (χ3v) is 23.7. The van der Waals surface area contributed by atoms with Gasteiger partial charge in [0.15, 0.2) is 0 Å². The number of nitrogens with two attached hydrogens (primary N) is 2. The van der Waals surface area contributed by atoms with E-state index in [9.17, 15) is 4.79 Å². The molecule has 17 heteroatoms. The summed E-state index contributed by atoms with van der Waals surface area (Å²) in [5.74, 6) is 1.49. The molecule has 2 aliphatic carbocycles. The number of anilines is 2. The number of imidazole rings is 1. The van der Waals surface area contributed by atoms with Gasteiger partial charge in [-0.25, -0.2) is 19.9 Å². The first-order chi connectivity index (χ1) is 68.4. The molecule has 2 aliphatic heterocycles. The Balaban J connectivity index is 0.000000413. The number of aromatic amines is 2. The molecule has 0 bridgehead atoms. The quantitative estimate of drug-likeness (QED) is 0.112. The highest BCUT2D eigenvalue weighted by molar-refractivity contribution is 5.82. The van der Waals surface area contributed by atoms with Gasteiger partial charge in [-0.2, -0.15) is 0 Å². The number of aryl methyl sites for hydroxylation is 2. The largest absolute Gasteiger partial charge is 0.398 e. The Labute approximate surface area is 903 Å². The second-order valence-electron chi connectivity index (χ2n) is 52.8. The maximum atomic E-state index is 10.9. The van der Waals surface area contributed by atoms with Crippen LogP contribution in [0.25, 0.3) is 11.6 Å². The Morgan fingerprint density at radius 2 is 0.819 bits per heavy atom. The molecule has 17 nitrogen and oxygen atoms in total. The molecule has 0 fully saturated rings. The first-order valence-corrected chi connectivity index (χ1v) is 52.9. The fraction of sp³-hybridized carbons (Fsp3) is 0.477. The topological polar surface area (TPSA) is 254 Å². The molecule has 12 heterocycles. The van der Waals surface area contributed by atoms with Crippen LogP contribution in [0.4, 0.5) is 11.5 Å². The Morgan fingerprint density at radius 3 is 1.18 bits per heavy atom. The number of hydrogen-bond acceptors (Lipinski definition) is 15. The highest BCUT2D eigenvalue weighted by Gasteiger charge is 2.27. The standard InChI is InChI=1S/2C12H15N.3C10H15N.C10H14.C9H14N2.C9H13NO.C9H15N.2C9H13N.C8H12N2.C8H13N.C7H12N2/c1-12(2,3)10-6-7-11-9(10)5-4-8-13-11;1-12(2,3)10-7-8-13-11-6-4-5-9(10)11;2*1-8-5-6-9(7-11-8)10(2,3)4;1-10(2,3)8-6-4-5-7-9(8)11;1-10(2,3)9-7-5-4-6-8-9;1-9(2,3)7-4-5-11-8(10)6-7;1-9(2,3)7-4-5-10-8(11)6-7;1-9(2,3)6-8-4-5-10-7-8;1-9(2,3)8-5-4-6-10-7-8;1-9(2,3)8-6-4-5-7-10-8;1-8(2,3)7-9-5-4-6-10-7;1-8(2,3)7-4-5-9-6-7;1-7(2,3)6-4-8-5-9-6/h4-6,8H,7H2,1-3H3;4-5,7-8H,6H2,1-3H3;2*5-7H,1-4H3;4-7H,11H2,1-3H3;4-8H,1-3H3;4-6H,1-3H3,(H2,10,11);4-6H,1-3H3,(H,10,11);4,7H,5-6H2,1-3H3;2*4-7H,1-3H3;4-6H,1-3H3;4,6H,5H2,1-3H3;4-5H,1-3H3,(H,8,9). The zero-order chi connectivity index (χ0) is 113. The minimum Gasteiger partial charge on any atom is -0.398 e. The third-order valence-electron chi connectivity index (χ3n) is 23.7. The zero-order valence-corrected chi connectivity index (χ0v) is 101. The molecule has 0 saturated heterocycles. The molecule has 0 spiro atoms. The summed E-state index contributed by atoms with van der Waals surface area (Å²) in [6.45, 7) is 97.5. The Hall–Kier alpha value is -12.4. The molecule has 12 aromatic rings. The molecule has 149 heavy (non-hydrogen) atoms. The van der Waals surface area contributed by atoms with Crippen LogP contribution in [0.2, 0.25) is 0 Å². The normalized spacial score (nSPS) is 13.0. The van der Waals surface area contributed by atoms with Gasteiger partial charge in [0.2, 0.25) is 5.56 Å². The highest BCUT2D eigenvalue weighted by atomic mass is 16.1. The van der Waals surface area contributed by atoms with E-state index >= 15 is 0 Å². The maximum absolute atomic E-state index is 10.9. The Bertz CT molecular complexity index is 5850. The first kappa shape index (κ1) is 131. The molecule has 6 N–H and O–H groups in total. The summed E-state index contributed by atoms with van der Waals surface area (Å²) in [5.41, 5.74) is 39.2. The van der Waals surface area contributed by atoms with Crippen LogP contribution in [0.15, 0.2) is 289 Å². The van der Waals surface area contributed by atoms with E-state index in [0.29, 0.717) is 22.1 Å². The van der Waals surface area contributed by atoms with Crippen molar-refractivity contribution in [3.63, 3.8) is 0 Å². The van der Waals surface area contributed by atoms with Crippen LogP contribution < -0.4 is 17.0 Å². The molecule has 808 valence electrons. The van der Waals surface area contributed by atoms with E-state index < -0.39 is 0 Å². The van der Waals surface area contributed by atoms with Crippen molar-refractivity contribution in [1.82, 2.24) is 59.8 Å². The number of nitrogen functional groups attached to an aromatic ring is 2. The summed E-state index contributed by atoms with van der Waals surface area (Å²) in [4.78, 5) is 66.5. The van der Waals surface area contributed by atoms with Gasteiger partial charge in [-0.3, -0.25) is 44.7 Å². The van der Waals surface area contributed by atoms with Gasteiger partial charge in [0, 0.05) is 150 Å². The zero-order valence-electron chi connectivity index (χ0n) is 101. The summed E-state index contributed by atoms with van der Waals surface area (Å²) in [6.07, 6.45) is 42.0. The molecule has 0 radical (unpaired) electrons. The van der Waals surface area contributed by atoms with Gasteiger partial charge in [-0.1, -0.05) is 400 Å². The second kappa shape index (κ2) is 58.1. The fourth-order valence-electron chi connectivity index (χ4n) is 14.4. The minimum atomic E-state index is -0.0302. The SMILES string of the molecule is CC(C)(C)C1=CCN=C1.CC(C)(C)C1=CCc2ncccc21.CC(C)(C)CC1=CCN=C1.CC(C)(C)c1cc[nH]c(=O)c1.CC(C)(C)c1ccccc1.CC(C)(C)c1ccccc1N.CC(C)(C)c1ccccn1.CC(C)(C)c1cccnc1.CC(C)(C)c1ccnc(N)c1.CC(C)(C)c1ccnc2c1C=CC2.CC(C)(C)c1cnc[nH]1.CC(C)(C)c1ncccn1.Cc1ccc(C(C)(C)C)cn1.Cc1ccc(C(C)(C)C)cn1. The number of nitrogens with one attached hydrogen (secondary N) is 2. The van der Waals surface area contributed by atoms with E-state index in [4.69, 9.17) is 11.5 Å². The van der Waals surface area contributed by atoms with Crippen LogP contribution in [0, 0.1) is 30.1 Å². The summed E-state index contributed by atoms with van der Waals surface area (Å²) in [5, 5.41) is 0. The van der Waals surface area contributed by atoms with Gasteiger partial charge in [0.05, 0.1) is 30.8 Å². The Kier molecular flexibility index (Phi) is 51.0. The molecule has 16 rings (SSSR count). The lowest BCUT2D eigenvalue weighted by molar-refractivity contribution is 0.416. The van der Waals surface area contributed by atoms with Crippen molar-refractivity contribution in [2.45, 2.75) is 383 Å². The van der Waals surface area contributed by atoms with Crippen LogP contribution in [-0.4, -0.2) is 85.3 Å². The van der Waals surface area contributed by atoms with Crippen LogP contribution >= 0.6 is 0 Å². The monoisotopic (exact) mass is 2020 g/mol. The van der Waals surface area contributed by atoms with Crippen LogP contribution in [0.5, 0.6) is 0 Å². The fourth-order valence-corrected chi connectivity index (χ4v) is 14.4. The minimum absolute atomic E-state index is 0.0302. The molecule has 0 saturated carbocycles.